The highest BCUT2D eigenvalue weighted by Gasteiger charge is 2.21. The molecule has 1 heterocycles. The van der Waals surface area contributed by atoms with Gasteiger partial charge >= 0.3 is 5.97 Å². The highest BCUT2D eigenvalue weighted by atomic mass is 16.5. The van der Waals surface area contributed by atoms with Crippen LogP contribution in [-0.2, 0) is 16.0 Å². The van der Waals surface area contributed by atoms with E-state index in [1.807, 2.05) is 20.8 Å². The van der Waals surface area contributed by atoms with E-state index in [9.17, 15) is 14.4 Å². The smallest absolute Gasteiger partial charge is 0.338 e. The number of rotatable bonds is 10. The van der Waals surface area contributed by atoms with Crippen molar-refractivity contribution in [3.05, 3.63) is 47.0 Å². The lowest BCUT2D eigenvalue weighted by Gasteiger charge is -2.17. The molecular formula is C24H27NO7. The molecule has 32 heavy (non-hydrogen) atoms. The van der Waals surface area contributed by atoms with Gasteiger partial charge in [-0.1, -0.05) is 0 Å². The molecule has 1 N–H and O–H groups in total. The number of carbonyl (C=O) groups excluding carboxylic acids is 3. The van der Waals surface area contributed by atoms with Crippen LogP contribution in [0.25, 0.3) is 0 Å². The van der Waals surface area contributed by atoms with E-state index < -0.39 is 12.6 Å². The lowest BCUT2D eigenvalue weighted by Crippen LogP contribution is -2.20. The van der Waals surface area contributed by atoms with Gasteiger partial charge in [-0.3, -0.25) is 9.59 Å². The number of hydrogen-bond donors (Lipinski definition) is 1. The van der Waals surface area contributed by atoms with Gasteiger partial charge in [0.1, 0.15) is 0 Å². The summed E-state index contributed by atoms with van der Waals surface area (Å²) in [5.74, 6) is 0.113. The monoisotopic (exact) mass is 441 g/mol. The van der Waals surface area contributed by atoms with Crippen molar-refractivity contribution in [1.82, 2.24) is 0 Å². The van der Waals surface area contributed by atoms with Crippen molar-refractivity contribution in [3.63, 3.8) is 0 Å². The summed E-state index contributed by atoms with van der Waals surface area (Å²) in [5, 5.41) is 2.77. The maximum absolute atomic E-state index is 12.7. The molecule has 2 aromatic rings. The second-order valence-corrected chi connectivity index (χ2v) is 7.02. The molecular weight excluding hydrogens is 414 g/mol. The molecule has 8 nitrogen and oxygen atoms in total. The number of Topliss-reactive ketones (excluding diaryl/α,β-unsaturated/α-hetero) is 1. The van der Waals surface area contributed by atoms with E-state index in [1.165, 1.54) is 12.1 Å². The van der Waals surface area contributed by atoms with Gasteiger partial charge in [-0.05, 0) is 63.1 Å². The SMILES string of the molecule is CCOc1cc(C(=O)OCC(=O)c2ccc3c(c2)CCC(=O)N3)cc(OCC)c1OCC. The Labute approximate surface area is 186 Å². The molecule has 0 radical (unpaired) electrons. The Bertz CT molecular complexity index is 988. The lowest BCUT2D eigenvalue weighted by atomic mass is 9.99. The first-order chi connectivity index (χ1) is 15.5. The van der Waals surface area contributed by atoms with Crippen molar-refractivity contribution in [2.45, 2.75) is 33.6 Å². The highest BCUT2D eigenvalue weighted by Crippen LogP contribution is 2.39. The number of hydrogen-bond acceptors (Lipinski definition) is 7. The zero-order valence-corrected chi connectivity index (χ0v) is 18.5. The molecule has 1 aliphatic heterocycles. The van der Waals surface area contributed by atoms with Crippen LogP contribution in [0.2, 0.25) is 0 Å². The molecule has 0 fully saturated rings. The van der Waals surface area contributed by atoms with E-state index in [1.54, 1.807) is 18.2 Å². The van der Waals surface area contributed by atoms with E-state index in [2.05, 4.69) is 5.32 Å². The second kappa shape index (κ2) is 10.7. The fourth-order valence-electron chi connectivity index (χ4n) is 3.36. The van der Waals surface area contributed by atoms with Gasteiger partial charge in [0.15, 0.2) is 23.9 Å². The van der Waals surface area contributed by atoms with E-state index >= 15 is 0 Å². The van der Waals surface area contributed by atoms with Crippen LogP contribution in [-0.4, -0.2) is 44.1 Å². The molecule has 1 amide bonds. The Hall–Kier alpha value is -3.55. The first kappa shape index (κ1) is 23.1. The van der Waals surface area contributed by atoms with Crippen LogP contribution < -0.4 is 19.5 Å². The number of anilines is 1. The summed E-state index contributed by atoms with van der Waals surface area (Å²) in [6, 6.07) is 8.06. The predicted molar refractivity (Wildman–Crippen MR) is 118 cm³/mol. The molecule has 0 bridgehead atoms. The number of esters is 1. The number of ether oxygens (including phenoxy) is 4. The number of nitrogens with one attached hydrogen (secondary N) is 1. The van der Waals surface area contributed by atoms with E-state index in [4.69, 9.17) is 18.9 Å². The number of ketones is 1. The zero-order chi connectivity index (χ0) is 23.1. The van der Waals surface area contributed by atoms with Gasteiger partial charge in [0.25, 0.3) is 0 Å². The second-order valence-electron chi connectivity index (χ2n) is 7.02. The molecule has 0 unspecified atom stereocenters. The van der Waals surface area contributed by atoms with Crippen LogP contribution in [0.15, 0.2) is 30.3 Å². The summed E-state index contributed by atoms with van der Waals surface area (Å²) in [4.78, 5) is 36.7. The molecule has 170 valence electrons. The first-order valence-electron chi connectivity index (χ1n) is 10.7. The van der Waals surface area contributed by atoms with Crippen molar-refractivity contribution in [2.75, 3.05) is 31.7 Å². The van der Waals surface area contributed by atoms with E-state index in [0.717, 1.165) is 5.56 Å². The summed E-state index contributed by atoms with van der Waals surface area (Å²) in [6.45, 7) is 6.23. The number of fused-ring (bicyclic) bond motifs is 1. The molecule has 0 atom stereocenters. The third-order valence-corrected chi connectivity index (χ3v) is 4.80. The maximum Gasteiger partial charge on any atom is 0.338 e. The van der Waals surface area contributed by atoms with Gasteiger partial charge in [-0.25, -0.2) is 4.79 Å². The Kier molecular flexibility index (Phi) is 7.70. The number of carbonyl (C=O) groups is 3. The zero-order valence-electron chi connectivity index (χ0n) is 18.5. The third-order valence-electron chi connectivity index (χ3n) is 4.80. The molecule has 0 spiro atoms. The van der Waals surface area contributed by atoms with Crippen LogP contribution in [0.1, 0.15) is 53.5 Å². The normalized spacial score (nSPS) is 12.4. The lowest BCUT2D eigenvalue weighted by molar-refractivity contribution is -0.116. The van der Waals surface area contributed by atoms with Gasteiger partial charge < -0.3 is 24.3 Å². The maximum atomic E-state index is 12.7. The fourth-order valence-corrected chi connectivity index (χ4v) is 3.36. The highest BCUT2D eigenvalue weighted by molar-refractivity contribution is 6.01. The predicted octanol–water partition coefficient (Wildman–Crippen LogP) is 3.81. The summed E-state index contributed by atoms with van der Waals surface area (Å²) < 4.78 is 22.1. The van der Waals surface area contributed by atoms with E-state index in [0.29, 0.717) is 61.2 Å². The topological polar surface area (TPSA) is 100 Å². The summed E-state index contributed by atoms with van der Waals surface area (Å²) >= 11 is 0. The molecule has 0 aliphatic carbocycles. The van der Waals surface area contributed by atoms with Gasteiger partial charge in [-0.2, -0.15) is 0 Å². The Morgan fingerprint density at radius 3 is 2.16 bits per heavy atom. The molecule has 0 saturated heterocycles. The molecule has 8 heteroatoms. The van der Waals surface area contributed by atoms with Gasteiger partial charge in [-0.15, -0.1) is 0 Å². The number of aryl methyl sites for hydroxylation is 1. The molecule has 2 aromatic carbocycles. The largest absolute Gasteiger partial charge is 0.490 e. The third kappa shape index (κ3) is 5.38. The summed E-state index contributed by atoms with van der Waals surface area (Å²) in [5.41, 5.74) is 2.21. The van der Waals surface area contributed by atoms with E-state index in [-0.39, 0.29) is 17.3 Å². The standard InChI is InChI=1S/C24H27NO7/c1-4-29-20-12-17(13-21(30-5-2)23(20)31-6-3)24(28)32-14-19(26)16-7-9-18-15(11-16)8-10-22(27)25-18/h7,9,11-13H,4-6,8,10,14H2,1-3H3,(H,25,27). The average Bonchev–Trinajstić information content (AvgIpc) is 2.79. The quantitative estimate of drug-likeness (QED) is 0.442. The van der Waals surface area contributed by atoms with Crippen LogP contribution in [0, 0.1) is 0 Å². The first-order valence-corrected chi connectivity index (χ1v) is 10.7. The van der Waals surface area contributed by atoms with Crippen molar-refractivity contribution in [1.29, 1.82) is 0 Å². The summed E-state index contributed by atoms with van der Waals surface area (Å²) in [6.07, 6.45) is 0.941. The minimum Gasteiger partial charge on any atom is -0.490 e. The minimum atomic E-state index is -0.673. The Morgan fingerprint density at radius 2 is 1.53 bits per heavy atom. The molecule has 0 aromatic heterocycles. The average molecular weight is 441 g/mol. The minimum absolute atomic E-state index is 0.0429. The fraction of sp³-hybridized carbons (Fsp3) is 0.375. The molecule has 3 rings (SSSR count). The Morgan fingerprint density at radius 1 is 0.875 bits per heavy atom. The molecule has 1 aliphatic rings. The van der Waals surface area contributed by atoms with Crippen LogP contribution in [0.5, 0.6) is 17.2 Å². The van der Waals surface area contributed by atoms with Gasteiger partial charge in [0.2, 0.25) is 11.7 Å². The van der Waals surface area contributed by atoms with Gasteiger partial charge in [0.05, 0.1) is 25.4 Å². The van der Waals surface area contributed by atoms with Crippen LogP contribution in [0.4, 0.5) is 5.69 Å². The van der Waals surface area contributed by atoms with Crippen LogP contribution >= 0.6 is 0 Å². The number of amides is 1. The van der Waals surface area contributed by atoms with Crippen LogP contribution in [0.3, 0.4) is 0 Å². The number of benzene rings is 2. The van der Waals surface area contributed by atoms with Crippen molar-refractivity contribution in [2.24, 2.45) is 0 Å². The van der Waals surface area contributed by atoms with Crippen molar-refractivity contribution < 1.29 is 33.3 Å². The summed E-state index contributed by atoms with van der Waals surface area (Å²) in [7, 11) is 0. The Balaban J connectivity index is 1.73. The van der Waals surface area contributed by atoms with Gasteiger partial charge in [0, 0.05) is 17.7 Å². The van der Waals surface area contributed by atoms with Crippen molar-refractivity contribution >= 4 is 23.3 Å². The molecule has 0 saturated carbocycles. The van der Waals surface area contributed by atoms with Crippen molar-refractivity contribution in [3.8, 4) is 17.2 Å².